The van der Waals surface area contributed by atoms with Crippen molar-refractivity contribution in [2.75, 3.05) is 12.4 Å². The van der Waals surface area contributed by atoms with Crippen molar-refractivity contribution in [2.24, 2.45) is 5.92 Å². The van der Waals surface area contributed by atoms with Crippen LogP contribution in [0.5, 0.6) is 5.75 Å². The summed E-state index contributed by atoms with van der Waals surface area (Å²) in [7, 11) is 1.50. The molecule has 2 aromatic rings. The molecule has 28 heavy (non-hydrogen) atoms. The highest BCUT2D eigenvalue weighted by Crippen LogP contribution is 2.55. The Morgan fingerprint density at radius 3 is 2.64 bits per heavy atom. The number of anilines is 1. The lowest BCUT2D eigenvalue weighted by atomic mass is 9.76. The average molecular weight is 402 g/mol. The maximum absolute atomic E-state index is 11.6. The van der Waals surface area contributed by atoms with E-state index >= 15 is 0 Å². The first-order valence-electron chi connectivity index (χ1n) is 8.64. The molecule has 1 N–H and O–H groups in total. The van der Waals surface area contributed by atoms with Crippen LogP contribution in [0.1, 0.15) is 29.5 Å². The third-order valence-corrected chi connectivity index (χ3v) is 5.74. The van der Waals surface area contributed by atoms with Crippen molar-refractivity contribution in [1.29, 1.82) is 0 Å². The number of methoxy groups -OCH3 is 1. The maximum Gasteiger partial charge on any atom is 0.275 e. The lowest BCUT2D eigenvalue weighted by Crippen LogP contribution is -2.30. The molecule has 1 aliphatic heterocycles. The van der Waals surface area contributed by atoms with E-state index in [1.807, 2.05) is 12.2 Å². The summed E-state index contributed by atoms with van der Waals surface area (Å²) in [5, 5.41) is 26.6. The minimum atomic E-state index is -0.466. The number of nitro groups is 2. The number of rotatable bonds is 4. The van der Waals surface area contributed by atoms with Crippen LogP contribution >= 0.6 is 11.6 Å². The van der Waals surface area contributed by atoms with Gasteiger partial charge in [-0.15, -0.1) is 0 Å². The van der Waals surface area contributed by atoms with Gasteiger partial charge in [-0.05, 0) is 24.5 Å². The molecule has 1 aliphatic carbocycles. The lowest BCUT2D eigenvalue weighted by molar-refractivity contribution is -0.385. The summed E-state index contributed by atoms with van der Waals surface area (Å²) < 4.78 is 5.42. The van der Waals surface area contributed by atoms with Gasteiger partial charge in [-0.25, -0.2) is 0 Å². The summed E-state index contributed by atoms with van der Waals surface area (Å²) in [6.07, 6.45) is 4.61. The van der Waals surface area contributed by atoms with E-state index in [2.05, 4.69) is 5.32 Å². The van der Waals surface area contributed by atoms with E-state index in [1.165, 1.54) is 31.4 Å². The molecule has 0 aromatic heterocycles. The van der Waals surface area contributed by atoms with Gasteiger partial charge in [0.15, 0.2) is 0 Å². The molecular weight excluding hydrogens is 386 g/mol. The molecule has 2 aromatic carbocycles. The molecule has 0 amide bonds. The minimum Gasteiger partial charge on any atom is -0.495 e. The van der Waals surface area contributed by atoms with Crippen molar-refractivity contribution in [1.82, 2.24) is 0 Å². The van der Waals surface area contributed by atoms with Gasteiger partial charge in [0.1, 0.15) is 5.75 Å². The number of nitro benzene ring substituents is 2. The molecule has 0 saturated heterocycles. The van der Waals surface area contributed by atoms with Crippen LogP contribution in [-0.4, -0.2) is 17.0 Å². The molecule has 144 valence electrons. The van der Waals surface area contributed by atoms with E-state index in [4.69, 9.17) is 16.3 Å². The fourth-order valence-electron chi connectivity index (χ4n) is 4.18. The number of nitrogens with zero attached hydrogens (tertiary/aromatic N) is 2. The second kappa shape index (κ2) is 6.79. The van der Waals surface area contributed by atoms with E-state index in [9.17, 15) is 20.2 Å². The number of hydrogen-bond acceptors (Lipinski definition) is 6. The highest BCUT2D eigenvalue weighted by Gasteiger charge is 2.43. The Bertz CT molecular complexity index is 1020. The number of nitrogens with one attached hydrogen (secondary N) is 1. The van der Waals surface area contributed by atoms with Crippen molar-refractivity contribution in [2.45, 2.75) is 18.4 Å². The van der Waals surface area contributed by atoms with Gasteiger partial charge < -0.3 is 10.1 Å². The van der Waals surface area contributed by atoms with Crippen LogP contribution in [0, 0.1) is 26.1 Å². The molecule has 0 bridgehead atoms. The summed E-state index contributed by atoms with van der Waals surface area (Å²) in [5.74, 6) is 0.204. The number of halogens is 1. The van der Waals surface area contributed by atoms with E-state index < -0.39 is 9.85 Å². The molecular formula is C19H16ClN3O5. The van der Waals surface area contributed by atoms with Crippen molar-refractivity contribution < 1.29 is 14.6 Å². The summed E-state index contributed by atoms with van der Waals surface area (Å²) in [5.41, 5.74) is 1.65. The fraction of sp³-hybridized carbons (Fsp3) is 0.263. The van der Waals surface area contributed by atoms with E-state index in [0.29, 0.717) is 34.0 Å². The van der Waals surface area contributed by atoms with Crippen molar-refractivity contribution in [3.05, 3.63) is 78.9 Å². The Kier molecular flexibility index (Phi) is 4.43. The lowest BCUT2D eigenvalue weighted by Gasteiger charge is -2.37. The van der Waals surface area contributed by atoms with Crippen LogP contribution in [0.2, 0.25) is 5.02 Å². The fourth-order valence-corrected chi connectivity index (χ4v) is 4.42. The second-order valence-corrected chi connectivity index (χ2v) is 7.18. The van der Waals surface area contributed by atoms with E-state index in [0.717, 1.165) is 0 Å². The Hall–Kier alpha value is -3.13. The average Bonchev–Trinajstić information content (AvgIpc) is 3.16. The Labute approximate surface area is 165 Å². The van der Waals surface area contributed by atoms with Gasteiger partial charge in [0.05, 0.1) is 34.2 Å². The number of fused-ring (bicyclic) bond motifs is 3. The zero-order chi connectivity index (χ0) is 20.0. The molecule has 2 aliphatic rings. The van der Waals surface area contributed by atoms with Crippen molar-refractivity contribution >= 4 is 28.7 Å². The van der Waals surface area contributed by atoms with Gasteiger partial charge in [0.25, 0.3) is 11.4 Å². The van der Waals surface area contributed by atoms with Gasteiger partial charge in [0, 0.05) is 34.7 Å². The molecule has 3 atom stereocenters. The predicted molar refractivity (Wildman–Crippen MR) is 104 cm³/mol. The van der Waals surface area contributed by atoms with Crippen LogP contribution in [0.3, 0.4) is 0 Å². The molecule has 0 radical (unpaired) electrons. The summed E-state index contributed by atoms with van der Waals surface area (Å²) >= 11 is 6.38. The first kappa shape index (κ1) is 18.2. The van der Waals surface area contributed by atoms with Crippen LogP contribution < -0.4 is 10.1 Å². The first-order chi connectivity index (χ1) is 13.4. The van der Waals surface area contributed by atoms with Crippen LogP contribution in [0.15, 0.2) is 42.5 Å². The standard InChI is InChI=1S/C19H16ClN3O5/c1-28-16-8-7-15(23(26)27)17-11-3-2-4-12(11)18(21-19(16)17)13-9-10(22(24)25)5-6-14(13)20/h2-3,5-9,11-12,18,21H,4H2,1H3. The molecule has 0 saturated carbocycles. The number of benzene rings is 2. The van der Waals surface area contributed by atoms with Gasteiger partial charge >= 0.3 is 0 Å². The summed E-state index contributed by atoms with van der Waals surface area (Å²) in [4.78, 5) is 22.0. The summed E-state index contributed by atoms with van der Waals surface area (Å²) in [6, 6.07) is 6.98. The zero-order valence-electron chi connectivity index (χ0n) is 14.8. The van der Waals surface area contributed by atoms with Crippen molar-refractivity contribution in [3.63, 3.8) is 0 Å². The Morgan fingerprint density at radius 1 is 1.18 bits per heavy atom. The molecule has 1 heterocycles. The maximum atomic E-state index is 11.6. The van der Waals surface area contributed by atoms with Gasteiger partial charge in [-0.3, -0.25) is 20.2 Å². The van der Waals surface area contributed by atoms with Gasteiger partial charge in [0.2, 0.25) is 0 Å². The van der Waals surface area contributed by atoms with Gasteiger partial charge in [-0.1, -0.05) is 23.8 Å². The molecule has 8 nitrogen and oxygen atoms in total. The molecule has 0 fully saturated rings. The third kappa shape index (κ3) is 2.77. The molecule has 9 heteroatoms. The zero-order valence-corrected chi connectivity index (χ0v) is 15.6. The second-order valence-electron chi connectivity index (χ2n) is 6.77. The monoisotopic (exact) mass is 401 g/mol. The Morgan fingerprint density at radius 2 is 1.96 bits per heavy atom. The Balaban J connectivity index is 1.90. The largest absolute Gasteiger partial charge is 0.495 e. The van der Waals surface area contributed by atoms with Crippen LogP contribution in [0.25, 0.3) is 0 Å². The van der Waals surface area contributed by atoms with E-state index in [-0.39, 0.29) is 29.3 Å². The van der Waals surface area contributed by atoms with Crippen molar-refractivity contribution in [3.8, 4) is 5.75 Å². The SMILES string of the molecule is COc1ccc([N+](=O)[O-])c2c1NC(c1cc([N+](=O)[O-])ccc1Cl)C1CC=CC21. The summed E-state index contributed by atoms with van der Waals surface area (Å²) in [6.45, 7) is 0. The van der Waals surface area contributed by atoms with Crippen LogP contribution in [-0.2, 0) is 0 Å². The predicted octanol–water partition coefficient (Wildman–Crippen LogP) is 4.99. The molecule has 0 spiro atoms. The highest BCUT2D eigenvalue weighted by molar-refractivity contribution is 6.31. The van der Waals surface area contributed by atoms with Crippen LogP contribution in [0.4, 0.5) is 17.1 Å². The number of hydrogen-bond donors (Lipinski definition) is 1. The van der Waals surface area contributed by atoms with Gasteiger partial charge in [-0.2, -0.15) is 0 Å². The molecule has 3 unspecified atom stereocenters. The quantitative estimate of drug-likeness (QED) is 0.439. The number of allylic oxidation sites excluding steroid dienone is 2. The minimum absolute atomic E-state index is 0.0217. The number of ether oxygens (including phenoxy) is 1. The highest BCUT2D eigenvalue weighted by atomic mass is 35.5. The molecule has 4 rings (SSSR count). The number of non-ortho nitro benzene ring substituents is 1. The smallest absolute Gasteiger partial charge is 0.275 e. The topological polar surface area (TPSA) is 108 Å². The van der Waals surface area contributed by atoms with E-state index in [1.54, 1.807) is 6.07 Å². The first-order valence-corrected chi connectivity index (χ1v) is 9.02. The normalized spacial score (nSPS) is 22.1. The third-order valence-electron chi connectivity index (χ3n) is 5.40.